The second-order valence-corrected chi connectivity index (χ2v) is 10.8. The Morgan fingerprint density at radius 1 is 1.09 bits per heavy atom. The van der Waals surface area contributed by atoms with Crippen LogP contribution in [0, 0.1) is 5.21 Å². The van der Waals surface area contributed by atoms with E-state index in [1.807, 2.05) is 13.8 Å². The molecule has 3 aromatic rings. The fraction of sp³-hybridized carbons (Fsp3) is 0.391. The first-order chi connectivity index (χ1) is 16.0. The first-order valence-corrected chi connectivity index (χ1v) is 12.8. The van der Waals surface area contributed by atoms with Crippen LogP contribution in [0.4, 0.5) is 0 Å². The van der Waals surface area contributed by atoms with E-state index < -0.39 is 9.84 Å². The molecule has 1 aromatic heterocycles. The van der Waals surface area contributed by atoms with E-state index in [1.54, 1.807) is 30.3 Å². The van der Waals surface area contributed by atoms with Crippen LogP contribution in [0.3, 0.4) is 0 Å². The molecule has 2 N–H and O–H groups in total. The van der Waals surface area contributed by atoms with E-state index in [4.69, 9.17) is 4.74 Å². The van der Waals surface area contributed by atoms with Crippen molar-refractivity contribution in [2.75, 3.05) is 32.6 Å². The molecule has 0 atom stereocenters. The Morgan fingerprint density at radius 3 is 2.32 bits per heavy atom. The molecule has 10 nitrogen and oxygen atoms in total. The van der Waals surface area contributed by atoms with Crippen LogP contribution in [-0.2, 0) is 21.1 Å². The van der Waals surface area contributed by atoms with Crippen molar-refractivity contribution in [3.8, 4) is 28.6 Å². The number of ether oxygens (including phenoxy) is 1. The van der Waals surface area contributed by atoms with Gasteiger partial charge in [0, 0.05) is 23.6 Å². The highest BCUT2D eigenvalue weighted by molar-refractivity contribution is 7.90. The second-order valence-electron chi connectivity index (χ2n) is 8.94. The van der Waals surface area contributed by atoms with Crippen LogP contribution in [0.5, 0.6) is 11.5 Å². The highest BCUT2D eigenvalue weighted by atomic mass is 32.2. The third-order valence-electron chi connectivity index (χ3n) is 5.92. The zero-order chi connectivity index (χ0) is 24.7. The van der Waals surface area contributed by atoms with Gasteiger partial charge in [0.2, 0.25) is 9.84 Å². The van der Waals surface area contributed by atoms with Crippen molar-refractivity contribution in [1.82, 2.24) is 14.8 Å². The van der Waals surface area contributed by atoms with Gasteiger partial charge < -0.3 is 24.8 Å². The summed E-state index contributed by atoms with van der Waals surface area (Å²) in [5, 5.41) is 41.3. The largest absolute Gasteiger partial charge is 0.632 e. The van der Waals surface area contributed by atoms with Crippen LogP contribution >= 0.6 is 0 Å². The van der Waals surface area contributed by atoms with E-state index >= 15 is 0 Å². The van der Waals surface area contributed by atoms with Crippen LogP contribution in [0.1, 0.15) is 30.9 Å². The summed E-state index contributed by atoms with van der Waals surface area (Å²) in [5.74, 6) is -0.245. The van der Waals surface area contributed by atoms with Crippen LogP contribution in [0.2, 0.25) is 0 Å². The quantitative estimate of drug-likeness (QED) is 0.399. The fourth-order valence-electron chi connectivity index (χ4n) is 4.07. The topological polar surface area (TPSA) is 138 Å². The average molecular weight is 489 g/mol. The summed E-state index contributed by atoms with van der Waals surface area (Å²) < 4.78 is 31.2. The van der Waals surface area contributed by atoms with Crippen molar-refractivity contribution in [1.29, 1.82) is 0 Å². The minimum Gasteiger partial charge on any atom is -0.632 e. The standard InChI is InChI=1S/C23H28N4O6S/c1-15(2)18-12-19(21(29)13-20(18)28)22-24-25-23(34(3,31)32)26(22)17-6-4-16(5-7-17)14-27(30)8-10-33-11-9-27/h4-7,12-13,15,28-29H,8-11,14H2,1-3H3. The first kappa shape index (κ1) is 24.1. The molecule has 0 spiro atoms. The predicted octanol–water partition coefficient (Wildman–Crippen LogP) is 2.72. The van der Waals surface area contributed by atoms with Crippen molar-refractivity contribution >= 4 is 9.84 Å². The van der Waals surface area contributed by atoms with Gasteiger partial charge in [-0.05, 0) is 29.7 Å². The van der Waals surface area contributed by atoms with Crippen LogP contribution in [-0.4, -0.2) is 70.6 Å². The number of phenols is 2. The molecule has 2 aromatic carbocycles. The van der Waals surface area contributed by atoms with Gasteiger partial charge in [0.25, 0.3) is 5.16 Å². The highest BCUT2D eigenvalue weighted by Crippen LogP contribution is 2.38. The third-order valence-corrected chi connectivity index (χ3v) is 6.85. The normalized spacial score (nSPS) is 16.1. The highest BCUT2D eigenvalue weighted by Gasteiger charge is 2.26. The maximum absolute atomic E-state index is 12.9. The number of quaternary nitrogens is 1. The fourth-order valence-corrected chi connectivity index (χ4v) is 4.78. The van der Waals surface area contributed by atoms with Gasteiger partial charge in [0.15, 0.2) is 5.82 Å². The Morgan fingerprint density at radius 2 is 1.74 bits per heavy atom. The molecule has 0 saturated carbocycles. The maximum atomic E-state index is 12.9. The van der Waals surface area contributed by atoms with Gasteiger partial charge in [-0.15, -0.1) is 10.2 Å². The molecule has 1 aliphatic heterocycles. The molecule has 1 saturated heterocycles. The van der Waals surface area contributed by atoms with Gasteiger partial charge in [-0.2, -0.15) is 0 Å². The number of hydroxylamine groups is 3. The number of phenolic OH excluding ortho intramolecular Hbond substituents is 2. The molecule has 1 fully saturated rings. The van der Waals surface area contributed by atoms with Crippen molar-refractivity contribution in [2.45, 2.75) is 31.5 Å². The molecular formula is C23H28N4O6S. The summed E-state index contributed by atoms with van der Waals surface area (Å²) in [6.45, 7) is 5.69. The van der Waals surface area contributed by atoms with Crippen molar-refractivity contribution in [3.05, 3.63) is 52.7 Å². The molecule has 0 amide bonds. The van der Waals surface area contributed by atoms with Crippen LogP contribution in [0.15, 0.2) is 41.6 Å². The Kier molecular flexibility index (Phi) is 6.38. The van der Waals surface area contributed by atoms with Gasteiger partial charge in [0.05, 0.1) is 18.8 Å². The lowest BCUT2D eigenvalue weighted by Crippen LogP contribution is -2.49. The number of hydrogen-bond acceptors (Lipinski definition) is 8. The molecule has 0 bridgehead atoms. The Labute approximate surface area is 198 Å². The number of benzene rings is 2. The molecule has 0 unspecified atom stereocenters. The molecule has 11 heteroatoms. The number of morpholine rings is 1. The number of hydrogen-bond donors (Lipinski definition) is 2. The van der Waals surface area contributed by atoms with Crippen molar-refractivity contribution in [2.24, 2.45) is 0 Å². The first-order valence-electron chi connectivity index (χ1n) is 10.9. The number of sulfone groups is 1. The summed E-state index contributed by atoms with van der Waals surface area (Å²) in [5.41, 5.74) is 2.09. The molecular weight excluding hydrogens is 460 g/mol. The molecule has 0 radical (unpaired) electrons. The average Bonchev–Trinajstić information content (AvgIpc) is 3.20. The molecule has 0 aliphatic carbocycles. The summed E-state index contributed by atoms with van der Waals surface area (Å²) >= 11 is 0. The number of aromatic nitrogens is 3. The lowest BCUT2D eigenvalue weighted by Gasteiger charge is -2.45. The van der Waals surface area contributed by atoms with Crippen LogP contribution < -0.4 is 0 Å². The summed E-state index contributed by atoms with van der Waals surface area (Å²) in [7, 11) is -3.77. The lowest BCUT2D eigenvalue weighted by atomic mass is 9.98. The maximum Gasteiger partial charge on any atom is 0.254 e. The van der Waals surface area contributed by atoms with Gasteiger partial charge >= 0.3 is 0 Å². The molecule has 1 aliphatic rings. The summed E-state index contributed by atoms with van der Waals surface area (Å²) in [6, 6.07) is 9.74. The van der Waals surface area contributed by atoms with Crippen LogP contribution in [0.25, 0.3) is 17.1 Å². The third kappa shape index (κ3) is 4.78. The minimum absolute atomic E-state index is 0.0490. The van der Waals surface area contributed by atoms with Gasteiger partial charge in [-0.25, -0.2) is 8.42 Å². The number of nitrogens with zero attached hydrogens (tertiary/aromatic N) is 4. The predicted molar refractivity (Wildman–Crippen MR) is 125 cm³/mol. The SMILES string of the molecule is CC(C)c1cc(-c2nnc(S(C)(=O)=O)n2-c2ccc(C[N+]3([O-])CCOCC3)cc2)c(O)cc1O. The zero-order valence-corrected chi connectivity index (χ0v) is 20.1. The van der Waals surface area contributed by atoms with E-state index in [-0.39, 0.29) is 45.2 Å². The monoisotopic (exact) mass is 488 g/mol. The van der Waals surface area contributed by atoms with Crippen molar-refractivity contribution in [3.63, 3.8) is 0 Å². The zero-order valence-electron chi connectivity index (χ0n) is 19.3. The van der Waals surface area contributed by atoms with Crippen molar-refractivity contribution < 1.29 is 28.0 Å². The molecule has 182 valence electrons. The van der Waals surface area contributed by atoms with E-state index in [2.05, 4.69) is 10.2 Å². The summed E-state index contributed by atoms with van der Waals surface area (Å²) in [4.78, 5) is 0. The van der Waals surface area contributed by atoms with Gasteiger partial charge in [-0.3, -0.25) is 4.57 Å². The van der Waals surface area contributed by atoms with E-state index in [0.717, 1.165) is 11.8 Å². The second kappa shape index (κ2) is 8.99. The minimum atomic E-state index is -3.77. The van der Waals surface area contributed by atoms with E-state index in [9.17, 15) is 23.8 Å². The molecule has 4 rings (SSSR count). The van der Waals surface area contributed by atoms with Gasteiger partial charge in [-0.1, -0.05) is 26.0 Å². The summed E-state index contributed by atoms with van der Waals surface area (Å²) in [6.07, 6.45) is 1.03. The Balaban J connectivity index is 1.79. The lowest BCUT2D eigenvalue weighted by molar-refractivity contribution is -0.901. The number of aromatic hydroxyl groups is 2. The van der Waals surface area contributed by atoms with E-state index in [0.29, 0.717) is 37.6 Å². The smallest absolute Gasteiger partial charge is 0.254 e. The Hall–Kier alpha value is -2.99. The molecule has 34 heavy (non-hydrogen) atoms. The van der Waals surface area contributed by atoms with Gasteiger partial charge in [0.1, 0.15) is 31.1 Å². The van der Waals surface area contributed by atoms with E-state index in [1.165, 1.54) is 10.6 Å². The molecule has 2 heterocycles. The Bertz CT molecular complexity index is 1300. The number of rotatable bonds is 6.